The molecule has 0 spiro atoms. The third-order valence-corrected chi connectivity index (χ3v) is 4.70. The van der Waals surface area contributed by atoms with Gasteiger partial charge in [0.05, 0.1) is 13.0 Å². The highest BCUT2D eigenvalue weighted by molar-refractivity contribution is 5.72. The summed E-state index contributed by atoms with van der Waals surface area (Å²) in [7, 11) is 0. The standard InChI is InChI=1S/C23H28O2/c1-5-25-22(24)17-20-14-12-19(13-15-20)10-6-7-11-21-18(2)9-8-16-23(21,3)4/h7,11-15H,5,8-9,16-17H2,1-4H3. The Morgan fingerprint density at radius 1 is 1.28 bits per heavy atom. The van der Waals surface area contributed by atoms with Crippen LogP contribution in [-0.2, 0) is 16.0 Å². The van der Waals surface area contributed by atoms with Crippen LogP contribution < -0.4 is 0 Å². The second-order valence-electron chi connectivity index (χ2n) is 7.21. The van der Waals surface area contributed by atoms with Gasteiger partial charge in [0.15, 0.2) is 0 Å². The summed E-state index contributed by atoms with van der Waals surface area (Å²) in [5, 5.41) is 0. The molecule has 25 heavy (non-hydrogen) atoms. The van der Waals surface area contributed by atoms with Crippen molar-refractivity contribution >= 4 is 5.97 Å². The van der Waals surface area contributed by atoms with Crippen molar-refractivity contribution in [3.8, 4) is 11.8 Å². The Morgan fingerprint density at radius 2 is 2.00 bits per heavy atom. The van der Waals surface area contributed by atoms with Crippen molar-refractivity contribution in [3.63, 3.8) is 0 Å². The van der Waals surface area contributed by atoms with E-state index in [9.17, 15) is 4.79 Å². The van der Waals surface area contributed by atoms with E-state index in [2.05, 4.69) is 38.7 Å². The summed E-state index contributed by atoms with van der Waals surface area (Å²) < 4.78 is 4.96. The molecule has 0 aliphatic heterocycles. The van der Waals surface area contributed by atoms with E-state index in [-0.39, 0.29) is 11.4 Å². The lowest BCUT2D eigenvalue weighted by molar-refractivity contribution is -0.142. The van der Waals surface area contributed by atoms with E-state index in [0.717, 1.165) is 11.1 Å². The summed E-state index contributed by atoms with van der Waals surface area (Å²) >= 11 is 0. The van der Waals surface area contributed by atoms with Gasteiger partial charge >= 0.3 is 5.97 Å². The maximum atomic E-state index is 11.5. The predicted octanol–water partition coefficient (Wildman–Crippen LogP) is 5.23. The van der Waals surface area contributed by atoms with Crippen LogP contribution in [0, 0.1) is 17.3 Å². The molecule has 0 saturated heterocycles. The van der Waals surface area contributed by atoms with Crippen molar-refractivity contribution in [1.82, 2.24) is 0 Å². The summed E-state index contributed by atoms with van der Waals surface area (Å²) in [6.07, 6.45) is 8.15. The smallest absolute Gasteiger partial charge is 0.310 e. The molecular formula is C23H28O2. The Balaban J connectivity index is 2.00. The monoisotopic (exact) mass is 336 g/mol. The van der Waals surface area contributed by atoms with Crippen LogP contribution in [0.3, 0.4) is 0 Å². The average Bonchev–Trinajstić information content (AvgIpc) is 2.55. The van der Waals surface area contributed by atoms with E-state index in [1.54, 1.807) is 0 Å². The number of rotatable bonds is 4. The number of carbonyl (C=O) groups is 1. The second kappa shape index (κ2) is 8.72. The highest BCUT2D eigenvalue weighted by Gasteiger charge is 2.26. The van der Waals surface area contributed by atoms with Gasteiger partial charge in [-0.15, -0.1) is 0 Å². The molecule has 1 aromatic rings. The molecular weight excluding hydrogens is 308 g/mol. The molecule has 2 nitrogen and oxygen atoms in total. The summed E-state index contributed by atoms with van der Waals surface area (Å²) in [6.45, 7) is 9.09. The Hall–Kier alpha value is -2.27. The van der Waals surface area contributed by atoms with Crippen LogP contribution in [0.15, 0.2) is 47.6 Å². The normalized spacial score (nSPS) is 16.5. The molecule has 0 aromatic heterocycles. The van der Waals surface area contributed by atoms with Crippen LogP contribution in [0.1, 0.15) is 58.1 Å². The van der Waals surface area contributed by atoms with Gasteiger partial charge in [0.25, 0.3) is 0 Å². The first kappa shape index (κ1) is 19.1. The molecule has 2 rings (SSSR count). The van der Waals surface area contributed by atoms with Crippen molar-refractivity contribution in [3.05, 3.63) is 58.7 Å². The molecule has 0 bridgehead atoms. The van der Waals surface area contributed by atoms with E-state index in [0.29, 0.717) is 13.0 Å². The van der Waals surface area contributed by atoms with Gasteiger partial charge < -0.3 is 4.74 Å². The molecule has 1 aliphatic rings. The minimum absolute atomic E-state index is 0.192. The van der Waals surface area contributed by atoms with Crippen molar-refractivity contribution < 1.29 is 9.53 Å². The summed E-state index contributed by atoms with van der Waals surface area (Å²) in [4.78, 5) is 11.5. The third kappa shape index (κ3) is 5.64. The van der Waals surface area contributed by atoms with E-state index in [4.69, 9.17) is 4.74 Å². The van der Waals surface area contributed by atoms with Gasteiger partial charge in [0.1, 0.15) is 0 Å². The molecule has 0 amide bonds. The van der Waals surface area contributed by atoms with Crippen LogP contribution in [0.2, 0.25) is 0 Å². The molecule has 0 radical (unpaired) electrons. The third-order valence-electron chi connectivity index (χ3n) is 4.70. The van der Waals surface area contributed by atoms with Gasteiger partial charge in [-0.3, -0.25) is 4.79 Å². The molecule has 1 aromatic carbocycles. The highest BCUT2D eigenvalue weighted by atomic mass is 16.5. The zero-order valence-electron chi connectivity index (χ0n) is 15.8. The number of hydrogen-bond donors (Lipinski definition) is 0. The van der Waals surface area contributed by atoms with Crippen molar-refractivity contribution in [2.75, 3.05) is 6.61 Å². The van der Waals surface area contributed by atoms with E-state index in [1.165, 1.54) is 30.4 Å². The summed E-state index contributed by atoms with van der Waals surface area (Å²) in [5.41, 5.74) is 5.06. The van der Waals surface area contributed by atoms with Gasteiger partial charge in [0.2, 0.25) is 0 Å². The first-order chi connectivity index (χ1) is 11.9. The van der Waals surface area contributed by atoms with Crippen LogP contribution in [0.5, 0.6) is 0 Å². The average molecular weight is 336 g/mol. The first-order valence-corrected chi connectivity index (χ1v) is 9.05. The van der Waals surface area contributed by atoms with Gasteiger partial charge in [-0.25, -0.2) is 0 Å². The summed E-state index contributed by atoms with van der Waals surface area (Å²) in [6, 6.07) is 7.76. The Labute approximate surface area is 152 Å². The van der Waals surface area contributed by atoms with E-state index >= 15 is 0 Å². The van der Waals surface area contributed by atoms with Crippen molar-refractivity contribution in [2.24, 2.45) is 5.41 Å². The maximum absolute atomic E-state index is 11.5. The quantitative estimate of drug-likeness (QED) is 0.556. The van der Waals surface area contributed by atoms with Gasteiger partial charge in [-0.2, -0.15) is 0 Å². The Bertz CT molecular complexity index is 722. The minimum Gasteiger partial charge on any atom is -0.466 e. The van der Waals surface area contributed by atoms with Gasteiger partial charge in [0, 0.05) is 5.56 Å². The zero-order valence-corrected chi connectivity index (χ0v) is 15.8. The number of allylic oxidation sites excluding steroid dienone is 4. The van der Waals surface area contributed by atoms with E-state index in [1.807, 2.05) is 37.3 Å². The molecule has 2 heteroatoms. The molecule has 132 valence electrons. The lowest BCUT2D eigenvalue weighted by Crippen LogP contribution is -2.18. The van der Waals surface area contributed by atoms with Crippen LogP contribution in [-0.4, -0.2) is 12.6 Å². The van der Waals surface area contributed by atoms with Crippen LogP contribution in [0.25, 0.3) is 0 Å². The number of hydrogen-bond acceptors (Lipinski definition) is 2. The summed E-state index contributed by atoms with van der Waals surface area (Å²) in [5.74, 6) is 6.10. The first-order valence-electron chi connectivity index (χ1n) is 9.05. The fraction of sp³-hybridized carbons (Fsp3) is 0.435. The fourth-order valence-corrected chi connectivity index (χ4v) is 3.34. The van der Waals surface area contributed by atoms with Crippen molar-refractivity contribution in [2.45, 2.75) is 53.4 Å². The zero-order chi connectivity index (χ0) is 18.3. The number of ether oxygens (including phenoxy) is 1. The van der Waals surface area contributed by atoms with Crippen LogP contribution in [0.4, 0.5) is 0 Å². The fourth-order valence-electron chi connectivity index (χ4n) is 3.34. The van der Waals surface area contributed by atoms with Crippen LogP contribution >= 0.6 is 0 Å². The van der Waals surface area contributed by atoms with Gasteiger partial charge in [-0.05, 0) is 67.9 Å². The molecule has 0 heterocycles. The molecule has 0 unspecified atom stereocenters. The Morgan fingerprint density at radius 3 is 2.64 bits per heavy atom. The largest absolute Gasteiger partial charge is 0.466 e. The minimum atomic E-state index is -0.192. The molecule has 0 atom stereocenters. The van der Waals surface area contributed by atoms with Crippen molar-refractivity contribution in [1.29, 1.82) is 0 Å². The molecule has 0 fully saturated rings. The highest BCUT2D eigenvalue weighted by Crippen LogP contribution is 2.40. The Kier molecular flexibility index (Phi) is 6.65. The van der Waals surface area contributed by atoms with E-state index < -0.39 is 0 Å². The number of esters is 1. The molecule has 0 saturated carbocycles. The SMILES string of the molecule is CCOC(=O)Cc1ccc(C#CC=CC2=C(C)CCCC2(C)C)cc1. The lowest BCUT2D eigenvalue weighted by atomic mass is 9.73. The second-order valence-corrected chi connectivity index (χ2v) is 7.21. The maximum Gasteiger partial charge on any atom is 0.310 e. The number of benzene rings is 1. The molecule has 0 N–H and O–H groups in total. The lowest BCUT2D eigenvalue weighted by Gasteiger charge is -2.32. The topological polar surface area (TPSA) is 26.3 Å². The number of carbonyl (C=O) groups excluding carboxylic acids is 1. The predicted molar refractivity (Wildman–Crippen MR) is 103 cm³/mol. The van der Waals surface area contributed by atoms with Gasteiger partial charge in [-0.1, -0.05) is 49.5 Å². The molecule has 1 aliphatic carbocycles.